The van der Waals surface area contributed by atoms with E-state index < -0.39 is 0 Å². The Morgan fingerprint density at radius 2 is 0.667 bits per heavy atom. The fraction of sp³-hybridized carbons (Fsp3) is 0.571. The summed E-state index contributed by atoms with van der Waals surface area (Å²) >= 11 is 1.47. The molecular weight excluding hydrogens is 679 g/mol. The average Bonchev–Trinajstić information content (AvgIpc) is 2.82. The molecule has 0 fully saturated rings. The van der Waals surface area contributed by atoms with Gasteiger partial charge in [-0.15, -0.1) is 0 Å². The summed E-state index contributed by atoms with van der Waals surface area (Å²) in [5, 5.41) is 2.18. The molecule has 0 atom stereocenters. The van der Waals surface area contributed by atoms with E-state index in [2.05, 4.69) is 180 Å². The summed E-state index contributed by atoms with van der Waals surface area (Å²) in [6.07, 6.45) is 0. The van der Waals surface area contributed by atoms with Crippen molar-refractivity contribution in [3.8, 4) is 22.3 Å². The van der Waals surface area contributed by atoms with Gasteiger partial charge in [0.1, 0.15) is 0 Å². The fourth-order valence-electron chi connectivity index (χ4n) is 6.43. The molecule has 0 aliphatic heterocycles. The topological polar surface area (TPSA) is 0 Å². The maximum absolute atomic E-state index is 2.44. The molecule has 0 N–H and O–H groups in total. The van der Waals surface area contributed by atoms with E-state index in [1.165, 1.54) is 81.7 Å². The molecule has 3 aromatic carbocycles. The van der Waals surface area contributed by atoms with Gasteiger partial charge in [0.25, 0.3) is 0 Å². The van der Waals surface area contributed by atoms with Crippen molar-refractivity contribution in [2.45, 2.75) is 158 Å². The van der Waals surface area contributed by atoms with Gasteiger partial charge in [-0.3, -0.25) is 0 Å². The van der Waals surface area contributed by atoms with Crippen LogP contribution in [0.3, 0.4) is 0 Å². The van der Waals surface area contributed by atoms with Crippen LogP contribution >= 0.6 is 0 Å². The number of hydrogen-bond acceptors (Lipinski definition) is 0. The van der Waals surface area contributed by atoms with Gasteiger partial charge < -0.3 is 0 Å². The van der Waals surface area contributed by atoms with Crippen LogP contribution in [0.1, 0.15) is 116 Å². The second-order valence-electron chi connectivity index (χ2n) is 17.5. The van der Waals surface area contributed by atoms with Crippen molar-refractivity contribution in [1.82, 2.24) is 0 Å². The Labute approximate surface area is 297 Å². The van der Waals surface area contributed by atoms with Crippen molar-refractivity contribution in [2.75, 3.05) is 0 Å². The molecule has 0 aliphatic carbocycles. The number of rotatable bonds is 2. The molecule has 3 aromatic rings. The predicted molar refractivity (Wildman–Crippen MR) is 213 cm³/mol. The zero-order valence-electron chi connectivity index (χ0n) is 33.0. The van der Waals surface area contributed by atoms with Crippen LogP contribution in [-0.2, 0) is 0 Å². The maximum atomic E-state index is 2.44. The Morgan fingerprint density at radius 1 is 0.444 bits per heavy atom. The molecule has 0 saturated carbocycles. The number of aryl methyl sites for hydroxylation is 6. The van der Waals surface area contributed by atoms with Crippen LogP contribution in [0.15, 0.2) is 42.5 Å². The van der Waals surface area contributed by atoms with Crippen LogP contribution in [0.25, 0.3) is 22.3 Å². The van der Waals surface area contributed by atoms with Crippen LogP contribution in [0, 0.1) is 41.5 Å². The van der Waals surface area contributed by atoms with Gasteiger partial charge in [0.15, 0.2) is 0 Å². The van der Waals surface area contributed by atoms with E-state index in [4.69, 9.17) is 0 Å². The van der Waals surface area contributed by atoms with Crippen LogP contribution in [-0.4, -0.2) is 40.1 Å². The molecule has 0 bridgehead atoms. The summed E-state index contributed by atoms with van der Waals surface area (Å²) in [6, 6.07) is 16.0. The van der Waals surface area contributed by atoms with E-state index in [0.717, 1.165) is 0 Å². The minimum absolute atomic E-state index is 0.221. The first-order valence-electron chi connectivity index (χ1n) is 16.8. The third kappa shape index (κ3) is 12.1. The molecule has 3 heteroatoms. The van der Waals surface area contributed by atoms with Gasteiger partial charge in [-0.2, -0.15) is 0 Å². The van der Waals surface area contributed by atoms with Gasteiger partial charge in [0.2, 0.25) is 0 Å². The summed E-state index contributed by atoms with van der Waals surface area (Å²) < 4.78 is 1.46. The average molecular weight is 747 g/mol. The molecule has 0 saturated heterocycles. The zero-order valence-corrected chi connectivity index (χ0v) is 37.9. The van der Waals surface area contributed by atoms with Gasteiger partial charge in [0, 0.05) is 0 Å². The van der Waals surface area contributed by atoms with Crippen LogP contribution in [0.4, 0.5) is 0 Å². The molecule has 0 nitrogen and oxygen atoms in total. The first-order chi connectivity index (χ1) is 20.1. The second kappa shape index (κ2) is 15.9. The molecule has 5 radical (unpaired) electrons. The van der Waals surface area contributed by atoms with E-state index in [1.807, 2.05) is 0 Å². The molecule has 45 heavy (non-hydrogen) atoms. The van der Waals surface area contributed by atoms with Gasteiger partial charge in [-0.25, -0.2) is 0 Å². The number of benzene rings is 3. The molecular formula is C42H67Si2Sn. The van der Waals surface area contributed by atoms with Gasteiger partial charge in [-0.1, -0.05) is 96.2 Å². The number of hydrogen-bond donors (Lipinski definition) is 0. The molecule has 0 spiro atoms. The Balaban J connectivity index is 0.000000419. The van der Waals surface area contributed by atoms with Crippen molar-refractivity contribution in [1.29, 1.82) is 0 Å². The first kappa shape index (κ1) is 41.9. The van der Waals surface area contributed by atoms with Gasteiger partial charge >= 0.3 is 166 Å². The van der Waals surface area contributed by atoms with E-state index in [-0.39, 0.29) is 17.6 Å². The van der Waals surface area contributed by atoms with E-state index in [0.29, 0.717) is 20.2 Å². The standard InChI is InChI=1S/C24H25.2C9H21Si.Sn/c1-15-10-17(3)23(18(4)11-15)21-8-7-9-22(14-21)24-19(5)12-16(2)13-20(24)6;2*1-8(2,3)10(7)9(4,5)6;/h7-13H,1-6H3;2*1-7H3;. The molecule has 0 unspecified atom stereocenters. The van der Waals surface area contributed by atoms with Crippen molar-refractivity contribution in [2.24, 2.45) is 0 Å². The normalized spacial score (nSPS) is 12.5. The molecule has 0 heterocycles. The SMILES string of the molecule is C[Si](C(C)(C)C)C(C)(C)C.C[Si](C(C)(C)C)C(C)(C)C.Cc1cc(C)c(-c2cccc(-c3c(C)cc(C)cc3C)[c]2[Sn])c(C)c1. The summed E-state index contributed by atoms with van der Waals surface area (Å²) in [6.45, 7) is 46.4. The summed E-state index contributed by atoms with van der Waals surface area (Å²) in [4.78, 5) is 0. The van der Waals surface area contributed by atoms with Gasteiger partial charge in [-0.05, 0) is 20.2 Å². The fourth-order valence-corrected chi connectivity index (χ4v) is 12.1. The van der Waals surface area contributed by atoms with Crippen molar-refractivity contribution in [3.05, 3.63) is 75.8 Å². The van der Waals surface area contributed by atoms with Crippen molar-refractivity contribution >= 4 is 43.7 Å². The summed E-state index contributed by atoms with van der Waals surface area (Å²) in [5.74, 6) is 0. The van der Waals surface area contributed by atoms with E-state index >= 15 is 0 Å². The molecule has 0 aliphatic rings. The summed E-state index contributed by atoms with van der Waals surface area (Å²) in [5.41, 5.74) is 13.8. The van der Waals surface area contributed by atoms with E-state index in [1.54, 1.807) is 0 Å². The third-order valence-corrected chi connectivity index (χ3v) is 20.0. The Morgan fingerprint density at radius 3 is 0.844 bits per heavy atom. The third-order valence-electron chi connectivity index (χ3n) is 9.46. The Kier molecular flexibility index (Phi) is 14.8. The van der Waals surface area contributed by atoms with Crippen molar-refractivity contribution in [3.63, 3.8) is 0 Å². The zero-order chi connectivity index (χ0) is 35.5. The molecule has 0 amide bonds. The van der Waals surface area contributed by atoms with Crippen LogP contribution in [0.2, 0.25) is 33.2 Å². The van der Waals surface area contributed by atoms with Gasteiger partial charge in [0.05, 0.1) is 17.6 Å². The monoisotopic (exact) mass is 747 g/mol. The Hall–Kier alpha value is -1.11. The Bertz CT molecular complexity index is 1240. The molecule has 3 rings (SSSR count). The molecule has 0 aromatic heterocycles. The van der Waals surface area contributed by atoms with Crippen LogP contribution < -0.4 is 3.58 Å². The van der Waals surface area contributed by atoms with Crippen LogP contribution in [0.5, 0.6) is 0 Å². The quantitative estimate of drug-likeness (QED) is 0.229. The molecule has 247 valence electrons. The second-order valence-corrected chi connectivity index (χ2v) is 27.5. The van der Waals surface area contributed by atoms with Crippen molar-refractivity contribution < 1.29 is 0 Å². The summed E-state index contributed by atoms with van der Waals surface area (Å²) in [7, 11) is -0.441. The first-order valence-corrected chi connectivity index (χ1v) is 22.2. The minimum atomic E-state index is -0.221. The predicted octanol–water partition coefficient (Wildman–Crippen LogP) is 13.1. The van der Waals surface area contributed by atoms with E-state index in [9.17, 15) is 0 Å².